The van der Waals surface area contributed by atoms with E-state index in [0.717, 1.165) is 26.4 Å². The van der Waals surface area contributed by atoms with E-state index >= 15 is 0 Å². The lowest BCUT2D eigenvalue weighted by atomic mass is 10.1. The van der Waals surface area contributed by atoms with E-state index in [1.54, 1.807) is 23.1 Å². The summed E-state index contributed by atoms with van der Waals surface area (Å²) in [7, 11) is 0. The smallest absolute Gasteiger partial charge is 0.227 e. The lowest BCUT2D eigenvalue weighted by Crippen LogP contribution is -2.17. The molecule has 0 aliphatic heterocycles. The first kappa shape index (κ1) is 15.1. The molecule has 2 aromatic rings. The van der Waals surface area contributed by atoms with Crippen molar-refractivity contribution >= 4 is 34.0 Å². The maximum atomic E-state index is 11.9. The maximum absolute atomic E-state index is 11.9. The number of nitrogens with one attached hydrogen (secondary N) is 1. The Morgan fingerprint density at radius 2 is 2.05 bits per heavy atom. The average Bonchev–Trinajstić information content (AvgIpc) is 2.83. The van der Waals surface area contributed by atoms with E-state index in [0.29, 0.717) is 0 Å². The molecular formula is C15H18N2OS2. The van der Waals surface area contributed by atoms with Gasteiger partial charge in [-0.1, -0.05) is 74.2 Å². The van der Waals surface area contributed by atoms with E-state index in [9.17, 15) is 4.79 Å². The van der Waals surface area contributed by atoms with Crippen LogP contribution in [0.2, 0.25) is 0 Å². The minimum atomic E-state index is -0.0389. The van der Waals surface area contributed by atoms with Gasteiger partial charge in [-0.25, -0.2) is 4.98 Å². The topological polar surface area (TPSA) is 42.0 Å². The van der Waals surface area contributed by atoms with Crippen LogP contribution < -0.4 is 5.32 Å². The number of amides is 1. The van der Waals surface area contributed by atoms with Crippen LogP contribution in [0.25, 0.3) is 11.3 Å². The first-order chi connectivity index (χ1) is 9.61. The lowest BCUT2D eigenvalue weighted by molar-refractivity contribution is -0.118. The normalized spacial score (nSPS) is 10.8. The Hall–Kier alpha value is -1.33. The van der Waals surface area contributed by atoms with Crippen LogP contribution in [-0.4, -0.2) is 16.6 Å². The number of nitrogens with zero attached hydrogens (tertiary/aromatic N) is 1. The summed E-state index contributed by atoms with van der Waals surface area (Å²) in [4.78, 5) is 16.6. The summed E-state index contributed by atoms with van der Waals surface area (Å²) < 4.78 is 0.991. The summed E-state index contributed by atoms with van der Waals surface area (Å²) in [5, 5.41) is 3.83. The molecule has 20 heavy (non-hydrogen) atoms. The van der Waals surface area contributed by atoms with Gasteiger partial charge < -0.3 is 5.32 Å². The summed E-state index contributed by atoms with van der Waals surface area (Å²) in [6.07, 6.45) is 0. The minimum Gasteiger partial charge on any atom is -0.316 e. The molecule has 1 heterocycles. The molecule has 1 aromatic carbocycles. The van der Waals surface area contributed by atoms with Crippen molar-refractivity contribution in [1.82, 2.24) is 4.98 Å². The van der Waals surface area contributed by atoms with E-state index in [-0.39, 0.29) is 11.8 Å². The zero-order valence-electron chi connectivity index (χ0n) is 11.8. The highest BCUT2D eigenvalue weighted by Gasteiger charge is 2.16. The summed E-state index contributed by atoms with van der Waals surface area (Å²) in [5.41, 5.74) is 1.89. The molecule has 3 nitrogen and oxygen atoms in total. The van der Waals surface area contributed by atoms with Gasteiger partial charge in [-0.2, -0.15) is 0 Å². The Morgan fingerprint density at radius 3 is 2.65 bits per heavy atom. The predicted octanol–water partition coefficient (Wildman–Crippen LogP) is 4.52. The Labute approximate surface area is 127 Å². The second-order valence-electron chi connectivity index (χ2n) is 4.60. The van der Waals surface area contributed by atoms with E-state index < -0.39 is 0 Å². The molecule has 1 amide bonds. The monoisotopic (exact) mass is 306 g/mol. The van der Waals surface area contributed by atoms with E-state index in [4.69, 9.17) is 0 Å². The van der Waals surface area contributed by atoms with E-state index in [1.807, 2.05) is 44.2 Å². The van der Waals surface area contributed by atoms with Gasteiger partial charge in [-0.3, -0.25) is 4.79 Å². The Kier molecular flexibility index (Phi) is 5.20. The number of benzene rings is 1. The van der Waals surface area contributed by atoms with E-state index in [1.165, 1.54) is 0 Å². The van der Waals surface area contributed by atoms with Gasteiger partial charge in [-0.15, -0.1) is 0 Å². The van der Waals surface area contributed by atoms with Crippen LogP contribution in [0.4, 0.5) is 5.00 Å². The molecule has 0 bridgehead atoms. The van der Waals surface area contributed by atoms with Crippen LogP contribution in [-0.2, 0) is 4.79 Å². The summed E-state index contributed by atoms with van der Waals surface area (Å²) in [5.74, 6) is 0.959. The molecule has 0 aliphatic carbocycles. The highest BCUT2D eigenvalue weighted by atomic mass is 32.2. The molecule has 0 aliphatic rings. The molecular weight excluding hydrogens is 288 g/mol. The first-order valence-corrected chi connectivity index (χ1v) is 8.42. The quantitative estimate of drug-likeness (QED) is 0.826. The molecule has 0 spiro atoms. The standard InChI is InChI=1S/C15H18N2OS2/c1-4-19-15-16-12(11-8-6-5-7-9-11)14(20-15)17-13(18)10(2)3/h5-10H,4H2,1-3H3,(H,17,18). The molecule has 0 unspecified atom stereocenters. The van der Waals surface area contributed by atoms with Crippen molar-refractivity contribution in [2.24, 2.45) is 5.92 Å². The summed E-state index contributed by atoms with van der Waals surface area (Å²) in [6.45, 7) is 5.88. The molecule has 0 radical (unpaired) electrons. The van der Waals surface area contributed by atoms with Crippen molar-refractivity contribution in [3.05, 3.63) is 30.3 Å². The van der Waals surface area contributed by atoms with Crippen LogP contribution >= 0.6 is 23.1 Å². The Morgan fingerprint density at radius 1 is 1.35 bits per heavy atom. The van der Waals surface area contributed by atoms with Crippen molar-refractivity contribution in [3.8, 4) is 11.3 Å². The molecule has 0 atom stereocenters. The number of hydrogen-bond acceptors (Lipinski definition) is 4. The third-order valence-electron chi connectivity index (χ3n) is 2.68. The van der Waals surface area contributed by atoms with Gasteiger partial charge in [0.2, 0.25) is 5.91 Å². The van der Waals surface area contributed by atoms with Gasteiger partial charge in [0.1, 0.15) is 10.7 Å². The van der Waals surface area contributed by atoms with Crippen molar-refractivity contribution in [2.45, 2.75) is 25.1 Å². The predicted molar refractivity (Wildman–Crippen MR) is 87.4 cm³/mol. The van der Waals surface area contributed by atoms with Crippen LogP contribution in [0, 0.1) is 5.92 Å². The number of anilines is 1. The van der Waals surface area contributed by atoms with Crippen LogP contribution in [0.1, 0.15) is 20.8 Å². The molecule has 2 rings (SSSR count). The maximum Gasteiger partial charge on any atom is 0.227 e. The summed E-state index contributed by atoms with van der Waals surface area (Å²) >= 11 is 3.24. The highest BCUT2D eigenvalue weighted by Crippen LogP contribution is 2.37. The molecule has 5 heteroatoms. The lowest BCUT2D eigenvalue weighted by Gasteiger charge is -2.07. The number of rotatable bonds is 5. The molecule has 1 aromatic heterocycles. The van der Waals surface area contributed by atoms with Crippen LogP contribution in [0.3, 0.4) is 0 Å². The number of aromatic nitrogens is 1. The van der Waals surface area contributed by atoms with Crippen molar-refractivity contribution < 1.29 is 4.79 Å². The van der Waals surface area contributed by atoms with Crippen LogP contribution in [0.15, 0.2) is 34.7 Å². The number of carbonyl (C=O) groups is 1. The Balaban J connectivity index is 2.36. The second kappa shape index (κ2) is 6.90. The molecule has 1 N–H and O–H groups in total. The Bertz CT molecular complexity index is 579. The molecule has 0 fully saturated rings. The summed E-state index contributed by atoms with van der Waals surface area (Å²) in [6, 6.07) is 9.97. The zero-order chi connectivity index (χ0) is 14.5. The molecule has 0 saturated heterocycles. The fourth-order valence-corrected chi connectivity index (χ4v) is 3.58. The second-order valence-corrected chi connectivity index (χ2v) is 7.11. The van der Waals surface area contributed by atoms with Crippen molar-refractivity contribution in [1.29, 1.82) is 0 Å². The largest absolute Gasteiger partial charge is 0.316 e. The number of thioether (sulfide) groups is 1. The van der Waals surface area contributed by atoms with Gasteiger partial charge in [0.05, 0.1) is 0 Å². The number of hydrogen-bond donors (Lipinski definition) is 1. The van der Waals surface area contributed by atoms with Crippen molar-refractivity contribution in [3.63, 3.8) is 0 Å². The van der Waals surface area contributed by atoms with Crippen LogP contribution in [0.5, 0.6) is 0 Å². The fraction of sp³-hybridized carbons (Fsp3) is 0.333. The minimum absolute atomic E-state index is 0.0267. The van der Waals surface area contributed by atoms with Gasteiger partial charge in [0.15, 0.2) is 4.34 Å². The van der Waals surface area contributed by atoms with Crippen molar-refractivity contribution in [2.75, 3.05) is 11.1 Å². The van der Waals surface area contributed by atoms with Gasteiger partial charge in [0.25, 0.3) is 0 Å². The fourth-order valence-electron chi connectivity index (χ4n) is 1.62. The SMILES string of the molecule is CCSc1nc(-c2ccccc2)c(NC(=O)C(C)C)s1. The number of carbonyl (C=O) groups excluding carboxylic acids is 1. The van der Waals surface area contributed by atoms with Gasteiger partial charge in [-0.05, 0) is 5.75 Å². The molecule has 106 valence electrons. The third kappa shape index (κ3) is 3.61. The first-order valence-electron chi connectivity index (χ1n) is 6.61. The van der Waals surface area contributed by atoms with Gasteiger partial charge in [0, 0.05) is 11.5 Å². The molecule has 0 saturated carbocycles. The van der Waals surface area contributed by atoms with E-state index in [2.05, 4.69) is 17.2 Å². The average molecular weight is 306 g/mol. The highest BCUT2D eigenvalue weighted by molar-refractivity contribution is 8.01. The third-order valence-corrected chi connectivity index (χ3v) is 4.68. The van der Waals surface area contributed by atoms with Gasteiger partial charge >= 0.3 is 0 Å². The zero-order valence-corrected chi connectivity index (χ0v) is 13.5. The number of thiazole rings is 1.